The number of thioether (sulfide) groups is 1. The highest BCUT2D eigenvalue weighted by molar-refractivity contribution is 7.99. The highest BCUT2D eigenvalue weighted by Gasteiger charge is 2.26. The third-order valence-electron chi connectivity index (χ3n) is 5.21. The summed E-state index contributed by atoms with van der Waals surface area (Å²) in [6.45, 7) is 5.12. The molecule has 2 atom stereocenters. The number of rotatable bonds is 5. The molecule has 3 nitrogen and oxygen atoms in total. The van der Waals surface area contributed by atoms with E-state index in [2.05, 4.69) is 23.4 Å². The highest BCUT2D eigenvalue weighted by Crippen LogP contribution is 2.23. The third kappa shape index (κ3) is 5.48. The zero-order valence-corrected chi connectivity index (χ0v) is 14.6. The van der Waals surface area contributed by atoms with Crippen molar-refractivity contribution in [3.63, 3.8) is 0 Å². The van der Waals surface area contributed by atoms with Crippen molar-refractivity contribution < 1.29 is 4.79 Å². The van der Waals surface area contributed by atoms with E-state index in [-0.39, 0.29) is 11.9 Å². The average Bonchev–Trinajstić information content (AvgIpc) is 2.78. The molecule has 1 saturated carbocycles. The van der Waals surface area contributed by atoms with Gasteiger partial charge in [-0.2, -0.15) is 11.8 Å². The number of carbonyl (C=O) groups is 1. The summed E-state index contributed by atoms with van der Waals surface area (Å²) in [5.41, 5.74) is 0. The zero-order chi connectivity index (χ0) is 15.1. The largest absolute Gasteiger partial charge is 0.354 e. The summed E-state index contributed by atoms with van der Waals surface area (Å²) in [6.07, 6.45) is 12.7. The van der Waals surface area contributed by atoms with Crippen molar-refractivity contribution in [1.29, 1.82) is 0 Å². The lowest BCUT2D eigenvalue weighted by Gasteiger charge is -2.30. The molecular weight excluding hydrogens is 280 g/mol. The second kappa shape index (κ2) is 9.04. The van der Waals surface area contributed by atoms with Crippen molar-refractivity contribution >= 4 is 17.7 Å². The number of likely N-dealkylation sites (tertiary alicyclic amines) is 1. The number of hydrogen-bond acceptors (Lipinski definition) is 3. The van der Waals surface area contributed by atoms with Crippen molar-refractivity contribution in [1.82, 2.24) is 10.2 Å². The minimum absolute atomic E-state index is 0.0290. The Kier molecular flexibility index (Phi) is 7.38. The van der Waals surface area contributed by atoms with Crippen LogP contribution in [0.2, 0.25) is 0 Å². The molecule has 0 bridgehead atoms. The smallest absolute Gasteiger partial charge is 0.237 e. The van der Waals surface area contributed by atoms with Crippen LogP contribution in [-0.2, 0) is 4.79 Å². The molecule has 4 heteroatoms. The Morgan fingerprint density at radius 2 is 1.90 bits per heavy atom. The van der Waals surface area contributed by atoms with Crippen molar-refractivity contribution in [2.45, 2.75) is 69.6 Å². The van der Waals surface area contributed by atoms with E-state index >= 15 is 0 Å². The summed E-state index contributed by atoms with van der Waals surface area (Å²) in [7, 11) is 0. The van der Waals surface area contributed by atoms with E-state index in [0.29, 0.717) is 5.25 Å². The van der Waals surface area contributed by atoms with Crippen molar-refractivity contribution in [3.05, 3.63) is 0 Å². The third-order valence-corrected chi connectivity index (χ3v) is 6.26. The molecule has 1 N–H and O–H groups in total. The number of hydrogen-bond donors (Lipinski definition) is 1. The van der Waals surface area contributed by atoms with Crippen LogP contribution in [0.4, 0.5) is 0 Å². The van der Waals surface area contributed by atoms with E-state index in [0.717, 1.165) is 25.6 Å². The molecule has 1 aliphatic heterocycles. The fourth-order valence-corrected chi connectivity index (χ4v) is 4.37. The Morgan fingerprint density at radius 1 is 1.19 bits per heavy atom. The number of amides is 1. The maximum absolute atomic E-state index is 12.4. The molecule has 0 spiro atoms. The van der Waals surface area contributed by atoms with Gasteiger partial charge in [0.15, 0.2) is 0 Å². The van der Waals surface area contributed by atoms with Gasteiger partial charge in [-0.3, -0.25) is 9.69 Å². The number of nitrogens with one attached hydrogen (secondary N) is 1. The van der Waals surface area contributed by atoms with Gasteiger partial charge in [0.05, 0.1) is 6.04 Å². The first kappa shape index (κ1) is 17.1. The molecule has 1 amide bonds. The van der Waals surface area contributed by atoms with Gasteiger partial charge in [0.25, 0.3) is 0 Å². The highest BCUT2D eigenvalue weighted by atomic mass is 32.2. The van der Waals surface area contributed by atoms with Crippen LogP contribution in [0.3, 0.4) is 0 Å². The molecule has 0 aromatic carbocycles. The second-order valence-electron chi connectivity index (χ2n) is 6.77. The number of carbonyl (C=O) groups excluding carboxylic acids is 1. The summed E-state index contributed by atoms with van der Waals surface area (Å²) in [4.78, 5) is 14.8. The summed E-state index contributed by atoms with van der Waals surface area (Å²) < 4.78 is 0. The fourth-order valence-electron chi connectivity index (χ4n) is 3.62. The molecule has 1 heterocycles. The molecule has 1 saturated heterocycles. The Morgan fingerprint density at radius 3 is 2.62 bits per heavy atom. The topological polar surface area (TPSA) is 32.3 Å². The predicted molar refractivity (Wildman–Crippen MR) is 91.8 cm³/mol. The minimum Gasteiger partial charge on any atom is -0.354 e. The predicted octanol–water partition coefficient (Wildman–Crippen LogP) is 3.29. The maximum atomic E-state index is 12.4. The normalized spacial score (nSPS) is 27.0. The molecule has 2 aliphatic rings. The summed E-state index contributed by atoms with van der Waals surface area (Å²) in [5.74, 6) is 0.959. The summed E-state index contributed by atoms with van der Waals surface area (Å²) >= 11 is 1.95. The minimum atomic E-state index is 0.0290. The van der Waals surface area contributed by atoms with Crippen molar-refractivity contribution in [2.75, 3.05) is 25.9 Å². The van der Waals surface area contributed by atoms with Gasteiger partial charge in [0.2, 0.25) is 5.91 Å². The van der Waals surface area contributed by atoms with Gasteiger partial charge in [-0.15, -0.1) is 0 Å². The summed E-state index contributed by atoms with van der Waals surface area (Å²) in [6, 6.07) is 0.0290. The molecule has 2 fully saturated rings. The van der Waals surface area contributed by atoms with E-state index in [1.54, 1.807) is 0 Å². The Hall–Kier alpha value is -0.220. The van der Waals surface area contributed by atoms with Gasteiger partial charge in [-0.05, 0) is 51.3 Å². The lowest BCUT2D eigenvalue weighted by atomic mass is 9.89. The standard InChI is InChI=1S/C17H32N2OS/c1-14(19-11-7-6-10-16(13-19)21-2)17(20)18-12-15-8-4-3-5-9-15/h14-16H,3-13H2,1-2H3,(H,18,20)/t14-,16-/m0/s1. The fraction of sp³-hybridized carbons (Fsp3) is 0.941. The average molecular weight is 313 g/mol. The molecule has 0 aromatic heterocycles. The second-order valence-corrected chi connectivity index (χ2v) is 7.91. The van der Waals surface area contributed by atoms with E-state index in [1.807, 2.05) is 11.8 Å². The molecule has 0 unspecified atom stereocenters. The lowest BCUT2D eigenvalue weighted by molar-refractivity contribution is -0.126. The van der Waals surface area contributed by atoms with Crippen LogP contribution in [0.15, 0.2) is 0 Å². The molecule has 21 heavy (non-hydrogen) atoms. The van der Waals surface area contributed by atoms with Crippen LogP contribution < -0.4 is 5.32 Å². The van der Waals surface area contributed by atoms with Gasteiger partial charge in [-0.25, -0.2) is 0 Å². The zero-order valence-electron chi connectivity index (χ0n) is 13.8. The van der Waals surface area contributed by atoms with Crippen molar-refractivity contribution in [2.24, 2.45) is 5.92 Å². The summed E-state index contributed by atoms with van der Waals surface area (Å²) in [5, 5.41) is 3.91. The van der Waals surface area contributed by atoms with E-state index < -0.39 is 0 Å². The van der Waals surface area contributed by atoms with Gasteiger partial charge < -0.3 is 5.32 Å². The van der Waals surface area contributed by atoms with Gasteiger partial charge in [-0.1, -0.05) is 25.7 Å². The Bertz CT molecular complexity index is 318. The van der Waals surface area contributed by atoms with E-state index in [1.165, 1.54) is 51.4 Å². The van der Waals surface area contributed by atoms with Crippen LogP contribution in [0, 0.1) is 5.92 Å². The van der Waals surface area contributed by atoms with Crippen LogP contribution in [0.5, 0.6) is 0 Å². The van der Waals surface area contributed by atoms with Crippen molar-refractivity contribution in [3.8, 4) is 0 Å². The molecule has 0 radical (unpaired) electrons. The van der Waals surface area contributed by atoms with Crippen LogP contribution >= 0.6 is 11.8 Å². The van der Waals surface area contributed by atoms with Gasteiger partial charge in [0.1, 0.15) is 0 Å². The maximum Gasteiger partial charge on any atom is 0.237 e. The molecular formula is C17H32N2OS. The Balaban J connectivity index is 1.77. The molecule has 1 aliphatic carbocycles. The van der Waals surface area contributed by atoms with Gasteiger partial charge >= 0.3 is 0 Å². The van der Waals surface area contributed by atoms with Crippen LogP contribution in [0.1, 0.15) is 58.3 Å². The van der Waals surface area contributed by atoms with Gasteiger partial charge in [0, 0.05) is 18.3 Å². The molecule has 0 aromatic rings. The van der Waals surface area contributed by atoms with E-state index in [4.69, 9.17) is 0 Å². The quantitative estimate of drug-likeness (QED) is 0.845. The Labute approximate surface area is 134 Å². The first-order valence-corrected chi connectivity index (χ1v) is 10.0. The lowest BCUT2D eigenvalue weighted by Crippen LogP contribution is -2.48. The molecule has 122 valence electrons. The van der Waals surface area contributed by atoms with Crippen LogP contribution in [-0.4, -0.2) is 48.0 Å². The SMILES string of the molecule is CS[C@H]1CCCCN([C@@H](C)C(=O)NCC2CCCCC2)C1. The monoisotopic (exact) mass is 312 g/mol. The first-order valence-electron chi connectivity index (χ1n) is 8.75. The first-order chi connectivity index (χ1) is 10.2. The van der Waals surface area contributed by atoms with E-state index in [9.17, 15) is 4.79 Å². The van der Waals surface area contributed by atoms with Crippen LogP contribution in [0.25, 0.3) is 0 Å². The number of nitrogens with zero attached hydrogens (tertiary/aromatic N) is 1. The molecule has 2 rings (SSSR count).